The van der Waals surface area contributed by atoms with E-state index in [1.54, 1.807) is 16.2 Å². The SMILES string of the molecule is Cc1nc(-c2cc3c(s2)CCN(CC2CCCO2)C3)cs1. The zero-order valence-corrected chi connectivity index (χ0v) is 13.9. The highest BCUT2D eigenvalue weighted by molar-refractivity contribution is 7.16. The summed E-state index contributed by atoms with van der Waals surface area (Å²) >= 11 is 3.67. The lowest BCUT2D eigenvalue weighted by Gasteiger charge is -2.28. The van der Waals surface area contributed by atoms with E-state index >= 15 is 0 Å². The second-order valence-corrected chi connectivity index (χ2v) is 8.13. The number of rotatable bonds is 3. The first-order valence-electron chi connectivity index (χ1n) is 7.66. The fraction of sp³-hybridized carbons (Fsp3) is 0.562. The van der Waals surface area contributed by atoms with Gasteiger partial charge in [0.2, 0.25) is 0 Å². The van der Waals surface area contributed by atoms with E-state index in [9.17, 15) is 0 Å². The highest BCUT2D eigenvalue weighted by Crippen LogP contribution is 2.35. The molecule has 2 aliphatic rings. The number of hydrogen-bond acceptors (Lipinski definition) is 5. The first-order valence-corrected chi connectivity index (χ1v) is 9.35. The van der Waals surface area contributed by atoms with Crippen LogP contribution in [0.1, 0.15) is 28.3 Å². The largest absolute Gasteiger partial charge is 0.377 e. The maximum atomic E-state index is 5.77. The molecule has 2 aromatic rings. The van der Waals surface area contributed by atoms with Crippen LogP contribution in [-0.2, 0) is 17.7 Å². The number of aryl methyl sites for hydroxylation is 1. The van der Waals surface area contributed by atoms with E-state index in [0.29, 0.717) is 6.10 Å². The molecule has 21 heavy (non-hydrogen) atoms. The van der Waals surface area contributed by atoms with Crippen LogP contribution in [0, 0.1) is 6.92 Å². The summed E-state index contributed by atoms with van der Waals surface area (Å²) in [5, 5.41) is 3.33. The summed E-state index contributed by atoms with van der Waals surface area (Å²) in [4.78, 5) is 10.1. The zero-order chi connectivity index (χ0) is 14.2. The van der Waals surface area contributed by atoms with Gasteiger partial charge >= 0.3 is 0 Å². The molecule has 4 heterocycles. The first-order chi connectivity index (χ1) is 10.3. The van der Waals surface area contributed by atoms with E-state index in [1.807, 2.05) is 11.3 Å². The number of aromatic nitrogens is 1. The molecule has 112 valence electrons. The normalized spacial score (nSPS) is 22.6. The summed E-state index contributed by atoms with van der Waals surface area (Å²) in [6, 6.07) is 2.36. The molecular formula is C16H20N2OS2. The van der Waals surface area contributed by atoms with E-state index in [-0.39, 0.29) is 0 Å². The summed E-state index contributed by atoms with van der Waals surface area (Å²) in [5.74, 6) is 0. The molecule has 0 amide bonds. The van der Waals surface area contributed by atoms with Crippen molar-refractivity contribution < 1.29 is 4.74 Å². The Kier molecular flexibility index (Phi) is 3.83. The smallest absolute Gasteiger partial charge is 0.0914 e. The Bertz CT molecular complexity index is 628. The van der Waals surface area contributed by atoms with Crippen LogP contribution in [0.3, 0.4) is 0 Å². The van der Waals surface area contributed by atoms with Crippen LogP contribution >= 0.6 is 22.7 Å². The number of thiazole rings is 1. The molecule has 1 fully saturated rings. The summed E-state index contributed by atoms with van der Waals surface area (Å²) in [7, 11) is 0. The van der Waals surface area contributed by atoms with Gasteiger partial charge in [-0.05, 0) is 37.8 Å². The van der Waals surface area contributed by atoms with Crippen molar-refractivity contribution in [2.24, 2.45) is 0 Å². The Hall–Kier alpha value is -0.750. The third kappa shape index (κ3) is 2.93. The van der Waals surface area contributed by atoms with Gasteiger partial charge in [-0.3, -0.25) is 4.90 Å². The lowest BCUT2D eigenvalue weighted by molar-refractivity contribution is 0.0690. The minimum atomic E-state index is 0.464. The van der Waals surface area contributed by atoms with E-state index in [2.05, 4.69) is 28.3 Å². The first kappa shape index (κ1) is 13.9. The van der Waals surface area contributed by atoms with Crippen molar-refractivity contribution in [1.82, 2.24) is 9.88 Å². The van der Waals surface area contributed by atoms with Gasteiger partial charge < -0.3 is 4.74 Å². The predicted octanol–water partition coefficient (Wildman–Crippen LogP) is 3.72. The van der Waals surface area contributed by atoms with Crippen molar-refractivity contribution >= 4 is 22.7 Å². The lowest BCUT2D eigenvalue weighted by atomic mass is 10.1. The Morgan fingerprint density at radius 3 is 3.19 bits per heavy atom. The van der Waals surface area contributed by atoms with Crippen molar-refractivity contribution in [3.63, 3.8) is 0 Å². The topological polar surface area (TPSA) is 25.4 Å². The molecule has 0 spiro atoms. The highest BCUT2D eigenvalue weighted by atomic mass is 32.1. The minimum Gasteiger partial charge on any atom is -0.377 e. The van der Waals surface area contributed by atoms with Gasteiger partial charge in [0.25, 0.3) is 0 Å². The molecule has 5 heteroatoms. The fourth-order valence-corrected chi connectivity index (χ4v) is 5.04. The van der Waals surface area contributed by atoms with Crippen LogP contribution in [0.5, 0.6) is 0 Å². The van der Waals surface area contributed by atoms with Crippen LogP contribution in [0.2, 0.25) is 0 Å². The molecule has 2 aromatic heterocycles. The van der Waals surface area contributed by atoms with Gasteiger partial charge in [0, 0.05) is 36.5 Å². The average Bonchev–Trinajstić information content (AvgIpc) is 3.18. The van der Waals surface area contributed by atoms with Gasteiger partial charge in [0.05, 0.1) is 21.7 Å². The van der Waals surface area contributed by atoms with Gasteiger partial charge in [-0.2, -0.15) is 0 Å². The number of nitrogens with zero attached hydrogens (tertiary/aromatic N) is 2. The molecule has 4 rings (SSSR count). The van der Waals surface area contributed by atoms with E-state index < -0.39 is 0 Å². The van der Waals surface area contributed by atoms with Gasteiger partial charge in [-0.25, -0.2) is 4.98 Å². The van der Waals surface area contributed by atoms with Gasteiger partial charge in [-0.1, -0.05) is 0 Å². The molecule has 0 radical (unpaired) electrons. The van der Waals surface area contributed by atoms with Crippen molar-refractivity contribution in [2.45, 2.75) is 38.8 Å². The predicted molar refractivity (Wildman–Crippen MR) is 88.1 cm³/mol. The van der Waals surface area contributed by atoms with Gasteiger partial charge in [-0.15, -0.1) is 22.7 Å². The second kappa shape index (κ2) is 5.80. The molecule has 0 N–H and O–H groups in total. The molecule has 2 aliphatic heterocycles. The average molecular weight is 320 g/mol. The van der Waals surface area contributed by atoms with Gasteiger partial charge in [0.15, 0.2) is 0 Å². The standard InChI is InChI=1S/C16H20N2OS2/c1-11-17-14(10-20-11)16-7-12-8-18(5-4-15(12)21-16)9-13-3-2-6-19-13/h7,10,13H,2-6,8-9H2,1H3. The molecule has 1 unspecified atom stereocenters. The maximum Gasteiger partial charge on any atom is 0.0914 e. The second-order valence-electron chi connectivity index (χ2n) is 5.93. The Morgan fingerprint density at radius 2 is 2.43 bits per heavy atom. The van der Waals surface area contributed by atoms with Crippen molar-refractivity contribution in [2.75, 3.05) is 19.7 Å². The van der Waals surface area contributed by atoms with Crippen molar-refractivity contribution in [3.8, 4) is 10.6 Å². The van der Waals surface area contributed by atoms with E-state index in [0.717, 1.165) is 30.4 Å². The van der Waals surface area contributed by atoms with Crippen LogP contribution in [-0.4, -0.2) is 35.7 Å². The molecular weight excluding hydrogens is 300 g/mol. The van der Waals surface area contributed by atoms with Crippen molar-refractivity contribution in [1.29, 1.82) is 0 Å². The summed E-state index contributed by atoms with van der Waals surface area (Å²) in [6.07, 6.45) is 4.10. The third-order valence-electron chi connectivity index (χ3n) is 4.30. The number of ether oxygens (including phenoxy) is 1. The fourth-order valence-electron chi connectivity index (χ4n) is 3.23. The van der Waals surface area contributed by atoms with Crippen LogP contribution < -0.4 is 0 Å². The van der Waals surface area contributed by atoms with E-state index in [4.69, 9.17) is 4.74 Å². The Morgan fingerprint density at radius 1 is 1.48 bits per heavy atom. The monoisotopic (exact) mass is 320 g/mol. The molecule has 3 nitrogen and oxygen atoms in total. The third-order valence-corrected chi connectivity index (χ3v) is 6.34. The molecule has 0 aliphatic carbocycles. The highest BCUT2D eigenvalue weighted by Gasteiger charge is 2.24. The van der Waals surface area contributed by atoms with E-state index in [1.165, 1.54) is 36.2 Å². The lowest BCUT2D eigenvalue weighted by Crippen LogP contribution is -2.35. The number of fused-ring (bicyclic) bond motifs is 1. The summed E-state index contributed by atoms with van der Waals surface area (Å²) in [6.45, 7) is 6.37. The van der Waals surface area contributed by atoms with Crippen LogP contribution in [0.15, 0.2) is 11.4 Å². The Balaban J connectivity index is 1.49. The molecule has 1 saturated heterocycles. The zero-order valence-electron chi connectivity index (χ0n) is 12.3. The van der Waals surface area contributed by atoms with Crippen LogP contribution in [0.25, 0.3) is 10.6 Å². The van der Waals surface area contributed by atoms with Crippen LogP contribution in [0.4, 0.5) is 0 Å². The Labute approximate surface area is 133 Å². The van der Waals surface area contributed by atoms with Gasteiger partial charge in [0.1, 0.15) is 0 Å². The number of thiophene rings is 1. The minimum absolute atomic E-state index is 0.464. The summed E-state index contributed by atoms with van der Waals surface area (Å²) in [5.41, 5.74) is 2.66. The molecule has 1 atom stereocenters. The molecule has 0 saturated carbocycles. The quantitative estimate of drug-likeness (QED) is 0.862. The maximum absolute atomic E-state index is 5.77. The number of hydrogen-bond donors (Lipinski definition) is 0. The summed E-state index contributed by atoms with van der Waals surface area (Å²) < 4.78 is 5.77. The van der Waals surface area contributed by atoms with Crippen molar-refractivity contribution in [3.05, 3.63) is 26.9 Å². The molecule has 0 aromatic carbocycles. The molecule has 0 bridgehead atoms.